The summed E-state index contributed by atoms with van der Waals surface area (Å²) >= 11 is 0. The van der Waals surface area contributed by atoms with Crippen LogP contribution in [0.2, 0.25) is 0 Å². The van der Waals surface area contributed by atoms with Crippen molar-refractivity contribution < 1.29 is 18.0 Å². The van der Waals surface area contributed by atoms with Gasteiger partial charge in [0.15, 0.2) is 5.78 Å². The van der Waals surface area contributed by atoms with Gasteiger partial charge in [0, 0.05) is 17.7 Å². The highest BCUT2D eigenvalue weighted by molar-refractivity contribution is 7.92. The molecule has 1 amide bonds. The van der Waals surface area contributed by atoms with Gasteiger partial charge in [-0.1, -0.05) is 36.4 Å². The van der Waals surface area contributed by atoms with Gasteiger partial charge in [-0.15, -0.1) is 0 Å². The van der Waals surface area contributed by atoms with Crippen LogP contribution in [0.25, 0.3) is 11.1 Å². The molecule has 0 atom stereocenters. The smallest absolute Gasteiger partial charge is 0.261 e. The number of primary amides is 1. The van der Waals surface area contributed by atoms with Gasteiger partial charge in [-0.05, 0) is 78.8 Å². The predicted molar refractivity (Wildman–Crippen MR) is 126 cm³/mol. The maximum absolute atomic E-state index is 13.0. The molecule has 0 fully saturated rings. The van der Waals surface area contributed by atoms with Crippen LogP contribution in [0.5, 0.6) is 0 Å². The summed E-state index contributed by atoms with van der Waals surface area (Å²) in [5, 5.41) is 0. The molecule has 166 valence electrons. The van der Waals surface area contributed by atoms with Gasteiger partial charge in [-0.3, -0.25) is 14.3 Å². The van der Waals surface area contributed by atoms with Crippen molar-refractivity contribution in [3.05, 3.63) is 82.9 Å². The van der Waals surface area contributed by atoms with E-state index in [9.17, 15) is 13.2 Å². The van der Waals surface area contributed by atoms with Crippen LogP contribution in [-0.4, -0.2) is 20.6 Å². The summed E-state index contributed by atoms with van der Waals surface area (Å²) < 4.78 is 28.6. The number of carbonyl (C=O) groups excluding carboxylic acids is 2. The molecular weight excluding hydrogens is 424 g/mol. The Bertz CT molecular complexity index is 1270. The monoisotopic (exact) mass is 450 g/mol. The van der Waals surface area contributed by atoms with E-state index in [4.69, 9.17) is 4.79 Å². The van der Waals surface area contributed by atoms with Gasteiger partial charge < -0.3 is 5.73 Å². The normalized spacial score (nSPS) is 12.9. The van der Waals surface area contributed by atoms with Crippen molar-refractivity contribution >= 4 is 27.9 Å². The van der Waals surface area contributed by atoms with Crippen LogP contribution >= 0.6 is 0 Å². The fourth-order valence-electron chi connectivity index (χ4n) is 3.80. The highest BCUT2D eigenvalue weighted by Crippen LogP contribution is 2.29. The minimum Gasteiger partial charge on any atom is -0.372 e. The van der Waals surface area contributed by atoms with Crippen molar-refractivity contribution in [3.63, 3.8) is 0 Å². The standard InChI is InChI=1S/C24H23NO3S.CH3NO/c1-16-6-3-10-22(17(16)2)19-8-4-9-21(14-19)29(27,28)25-20-13-12-18-7-5-11-24(26)23(18)15-20;2-1-3/h3-4,6,8-10,12-15,25H,5,7,11H2,1-2H3;1H,(H2,2,3). The molecular formula is C25H26N2O4S. The molecule has 3 N–H and O–H groups in total. The molecule has 4 rings (SSSR count). The van der Waals surface area contributed by atoms with Crippen molar-refractivity contribution in [3.8, 4) is 11.1 Å². The zero-order chi connectivity index (χ0) is 23.3. The summed E-state index contributed by atoms with van der Waals surface area (Å²) in [6.45, 7) is 4.08. The average molecular weight is 451 g/mol. The van der Waals surface area contributed by atoms with Crippen LogP contribution in [0.1, 0.15) is 39.9 Å². The van der Waals surface area contributed by atoms with Crippen molar-refractivity contribution in [2.75, 3.05) is 4.72 Å². The Morgan fingerprint density at radius 1 is 0.938 bits per heavy atom. The third kappa shape index (κ3) is 5.06. The number of fused-ring (bicyclic) bond motifs is 1. The Hall–Kier alpha value is -3.45. The molecule has 0 spiro atoms. The fraction of sp³-hybridized carbons (Fsp3) is 0.200. The summed E-state index contributed by atoms with van der Waals surface area (Å²) in [7, 11) is -3.77. The lowest BCUT2D eigenvalue weighted by Crippen LogP contribution is -2.15. The van der Waals surface area contributed by atoms with Gasteiger partial charge in [0.2, 0.25) is 6.41 Å². The van der Waals surface area contributed by atoms with Gasteiger partial charge >= 0.3 is 0 Å². The first-order valence-electron chi connectivity index (χ1n) is 10.3. The van der Waals surface area contributed by atoms with E-state index in [1.807, 2.05) is 44.2 Å². The Balaban J connectivity index is 0.000000913. The number of nitrogens with two attached hydrogens (primary N) is 1. The number of rotatable bonds is 4. The van der Waals surface area contributed by atoms with Gasteiger partial charge in [0.25, 0.3) is 10.0 Å². The number of amides is 1. The zero-order valence-corrected chi connectivity index (χ0v) is 18.9. The molecule has 1 aliphatic carbocycles. The number of benzene rings is 3. The summed E-state index contributed by atoms with van der Waals surface area (Å²) in [6.07, 6.45) is 2.47. The topological polar surface area (TPSA) is 106 Å². The highest BCUT2D eigenvalue weighted by Gasteiger charge is 2.20. The zero-order valence-electron chi connectivity index (χ0n) is 18.1. The molecule has 0 bridgehead atoms. The molecule has 0 aliphatic heterocycles. The second-order valence-electron chi connectivity index (χ2n) is 7.67. The van der Waals surface area contributed by atoms with Crippen LogP contribution in [0, 0.1) is 13.8 Å². The maximum Gasteiger partial charge on any atom is 0.261 e. The number of carbonyl (C=O) groups is 2. The first-order chi connectivity index (χ1) is 15.3. The lowest BCUT2D eigenvalue weighted by atomic mass is 9.90. The van der Waals surface area contributed by atoms with Crippen LogP contribution in [0.3, 0.4) is 0 Å². The van der Waals surface area contributed by atoms with E-state index in [0.29, 0.717) is 17.7 Å². The Morgan fingerprint density at radius 2 is 1.66 bits per heavy atom. The lowest BCUT2D eigenvalue weighted by Gasteiger charge is -2.16. The average Bonchev–Trinajstić information content (AvgIpc) is 2.77. The summed E-state index contributed by atoms with van der Waals surface area (Å²) in [5.74, 6) is 0.0733. The fourth-order valence-corrected chi connectivity index (χ4v) is 4.90. The van der Waals surface area contributed by atoms with E-state index >= 15 is 0 Å². The molecule has 0 radical (unpaired) electrons. The Labute approximate surface area is 188 Å². The van der Waals surface area contributed by atoms with Crippen LogP contribution in [-0.2, 0) is 21.2 Å². The van der Waals surface area contributed by atoms with Crippen LogP contribution in [0.15, 0.2) is 65.6 Å². The Morgan fingerprint density at radius 3 is 2.41 bits per heavy atom. The molecule has 0 saturated carbocycles. The first-order valence-corrected chi connectivity index (χ1v) is 11.8. The SMILES string of the molecule is Cc1cccc(-c2cccc(S(=O)(=O)Nc3ccc4c(c3)C(=O)CCC4)c2)c1C.NC=O. The molecule has 3 aromatic carbocycles. The lowest BCUT2D eigenvalue weighted by molar-refractivity contribution is -0.106. The van der Waals surface area contributed by atoms with E-state index < -0.39 is 10.0 Å². The number of Topliss-reactive ketones (excluding diaryl/α,β-unsaturated/α-hetero) is 1. The summed E-state index contributed by atoms with van der Waals surface area (Å²) in [6, 6.07) is 18.2. The molecule has 32 heavy (non-hydrogen) atoms. The molecule has 7 heteroatoms. The van der Waals surface area contributed by atoms with E-state index in [1.165, 1.54) is 0 Å². The number of ketones is 1. The molecule has 0 unspecified atom stereocenters. The highest BCUT2D eigenvalue weighted by atomic mass is 32.2. The van der Waals surface area contributed by atoms with Gasteiger partial charge in [0.05, 0.1) is 4.90 Å². The largest absolute Gasteiger partial charge is 0.372 e. The number of sulfonamides is 1. The molecule has 1 aliphatic rings. The van der Waals surface area contributed by atoms with Crippen molar-refractivity contribution in [2.45, 2.75) is 38.0 Å². The number of anilines is 1. The third-order valence-electron chi connectivity index (χ3n) is 5.57. The minimum absolute atomic E-state index is 0.0733. The van der Waals surface area contributed by atoms with E-state index in [-0.39, 0.29) is 17.1 Å². The second-order valence-corrected chi connectivity index (χ2v) is 9.35. The van der Waals surface area contributed by atoms with Crippen molar-refractivity contribution in [1.82, 2.24) is 0 Å². The van der Waals surface area contributed by atoms with E-state index in [0.717, 1.165) is 40.7 Å². The third-order valence-corrected chi connectivity index (χ3v) is 6.95. The van der Waals surface area contributed by atoms with Crippen molar-refractivity contribution in [2.24, 2.45) is 5.73 Å². The van der Waals surface area contributed by atoms with Gasteiger partial charge in [-0.2, -0.15) is 0 Å². The summed E-state index contributed by atoms with van der Waals surface area (Å²) in [5.41, 5.74) is 10.4. The summed E-state index contributed by atoms with van der Waals surface area (Å²) in [4.78, 5) is 20.9. The van der Waals surface area contributed by atoms with E-state index in [2.05, 4.69) is 10.5 Å². The van der Waals surface area contributed by atoms with Gasteiger partial charge in [-0.25, -0.2) is 8.42 Å². The molecule has 0 saturated heterocycles. The van der Waals surface area contributed by atoms with E-state index in [1.54, 1.807) is 30.3 Å². The van der Waals surface area contributed by atoms with Crippen LogP contribution < -0.4 is 10.5 Å². The van der Waals surface area contributed by atoms with Crippen molar-refractivity contribution in [1.29, 1.82) is 0 Å². The minimum atomic E-state index is -3.77. The quantitative estimate of drug-likeness (QED) is 0.575. The predicted octanol–water partition coefficient (Wildman–Crippen LogP) is 4.39. The molecule has 0 heterocycles. The molecule has 0 aromatic heterocycles. The number of hydrogen-bond acceptors (Lipinski definition) is 4. The first kappa shape index (κ1) is 23.2. The molecule has 6 nitrogen and oxygen atoms in total. The number of hydrogen-bond donors (Lipinski definition) is 2. The second kappa shape index (κ2) is 9.78. The maximum atomic E-state index is 13.0. The number of nitrogens with one attached hydrogen (secondary N) is 1. The van der Waals surface area contributed by atoms with Gasteiger partial charge in [0.1, 0.15) is 0 Å². The Kier molecular flexibility index (Phi) is 7.10. The molecule has 3 aromatic rings. The van der Waals surface area contributed by atoms with Crippen LogP contribution in [0.4, 0.5) is 5.69 Å². The number of aryl methyl sites for hydroxylation is 2.